The molecular formula is C17H24N4O2. The zero-order valence-electron chi connectivity index (χ0n) is 13.6. The van der Waals surface area contributed by atoms with Gasteiger partial charge in [0.1, 0.15) is 0 Å². The van der Waals surface area contributed by atoms with E-state index < -0.39 is 6.10 Å². The van der Waals surface area contributed by atoms with E-state index in [1.54, 1.807) is 10.7 Å². The molecular weight excluding hydrogens is 292 g/mol. The summed E-state index contributed by atoms with van der Waals surface area (Å²) < 4.78 is 1.77. The number of carbonyl (C=O) groups is 1. The minimum Gasteiger partial charge on any atom is -0.393 e. The number of anilines is 1. The van der Waals surface area contributed by atoms with Crippen LogP contribution >= 0.6 is 0 Å². The van der Waals surface area contributed by atoms with Crippen molar-refractivity contribution < 1.29 is 9.90 Å². The van der Waals surface area contributed by atoms with Gasteiger partial charge in [0.2, 0.25) is 0 Å². The Balaban J connectivity index is 1.76. The number of hydrogen-bond donors (Lipinski definition) is 3. The molecule has 1 unspecified atom stereocenters. The fraction of sp³-hybridized carbons (Fsp3) is 0.412. The van der Waals surface area contributed by atoms with Crippen LogP contribution < -0.4 is 10.6 Å². The highest BCUT2D eigenvalue weighted by Gasteiger charge is 2.10. The first-order chi connectivity index (χ1) is 11.0. The number of aromatic nitrogens is 2. The van der Waals surface area contributed by atoms with Crippen LogP contribution in [0.5, 0.6) is 0 Å². The maximum Gasteiger partial charge on any atom is 0.320 e. The highest BCUT2D eigenvalue weighted by molar-refractivity contribution is 5.88. The number of hydrogen-bond acceptors (Lipinski definition) is 3. The lowest BCUT2D eigenvalue weighted by atomic mass is 10.0. The van der Waals surface area contributed by atoms with Crippen molar-refractivity contribution in [3.05, 3.63) is 48.2 Å². The van der Waals surface area contributed by atoms with Crippen molar-refractivity contribution in [2.24, 2.45) is 5.92 Å². The zero-order valence-corrected chi connectivity index (χ0v) is 13.6. The zero-order chi connectivity index (χ0) is 16.7. The van der Waals surface area contributed by atoms with Gasteiger partial charge < -0.3 is 10.4 Å². The van der Waals surface area contributed by atoms with Gasteiger partial charge >= 0.3 is 6.03 Å². The third-order valence-corrected chi connectivity index (χ3v) is 3.56. The van der Waals surface area contributed by atoms with Gasteiger partial charge in [-0.2, -0.15) is 5.10 Å². The molecule has 0 aliphatic carbocycles. The quantitative estimate of drug-likeness (QED) is 0.734. The van der Waals surface area contributed by atoms with Crippen molar-refractivity contribution in [3.63, 3.8) is 0 Å². The van der Waals surface area contributed by atoms with Crippen LogP contribution in [-0.4, -0.2) is 33.6 Å². The Morgan fingerprint density at radius 3 is 2.70 bits per heavy atom. The number of amides is 2. The molecule has 23 heavy (non-hydrogen) atoms. The average molecular weight is 316 g/mol. The van der Waals surface area contributed by atoms with Gasteiger partial charge in [-0.1, -0.05) is 44.2 Å². The Kier molecular flexibility index (Phi) is 6.17. The van der Waals surface area contributed by atoms with Gasteiger partial charge in [-0.25, -0.2) is 4.79 Å². The van der Waals surface area contributed by atoms with E-state index in [0.717, 1.165) is 5.56 Å². The molecule has 0 saturated carbocycles. The van der Waals surface area contributed by atoms with E-state index >= 15 is 0 Å². The van der Waals surface area contributed by atoms with E-state index in [2.05, 4.69) is 15.7 Å². The molecule has 0 bridgehead atoms. The highest BCUT2D eigenvalue weighted by Crippen LogP contribution is 2.07. The molecule has 1 aromatic carbocycles. The van der Waals surface area contributed by atoms with E-state index in [-0.39, 0.29) is 11.9 Å². The second-order valence-corrected chi connectivity index (χ2v) is 5.87. The number of nitrogens with one attached hydrogen (secondary N) is 2. The lowest BCUT2D eigenvalue weighted by Crippen LogP contribution is -2.32. The Labute approximate surface area is 136 Å². The van der Waals surface area contributed by atoms with E-state index in [1.165, 1.54) is 0 Å². The van der Waals surface area contributed by atoms with Crippen LogP contribution in [0, 0.1) is 5.92 Å². The molecule has 2 rings (SSSR count). The van der Waals surface area contributed by atoms with Crippen molar-refractivity contribution >= 4 is 11.8 Å². The van der Waals surface area contributed by atoms with Crippen LogP contribution in [0.4, 0.5) is 10.6 Å². The Bertz CT molecular complexity index is 610. The molecule has 6 heteroatoms. The van der Waals surface area contributed by atoms with Crippen molar-refractivity contribution in [1.82, 2.24) is 15.1 Å². The molecule has 124 valence electrons. The summed E-state index contributed by atoms with van der Waals surface area (Å²) in [6, 6.07) is 11.4. The summed E-state index contributed by atoms with van der Waals surface area (Å²) in [7, 11) is 0. The molecule has 0 radical (unpaired) electrons. The summed E-state index contributed by atoms with van der Waals surface area (Å²) in [5.41, 5.74) is 1.15. The van der Waals surface area contributed by atoms with Crippen molar-refractivity contribution in [3.8, 4) is 0 Å². The highest BCUT2D eigenvalue weighted by atomic mass is 16.3. The van der Waals surface area contributed by atoms with Crippen molar-refractivity contribution in [1.29, 1.82) is 0 Å². The first-order valence-corrected chi connectivity index (χ1v) is 7.85. The number of urea groups is 1. The van der Waals surface area contributed by atoms with Gasteiger partial charge in [-0.05, 0) is 17.9 Å². The molecule has 2 amide bonds. The van der Waals surface area contributed by atoms with Crippen LogP contribution in [0.3, 0.4) is 0 Å². The molecule has 0 aliphatic heterocycles. The molecule has 1 heterocycles. The summed E-state index contributed by atoms with van der Waals surface area (Å²) in [4.78, 5) is 11.8. The van der Waals surface area contributed by atoms with E-state index in [9.17, 15) is 9.90 Å². The predicted octanol–water partition coefficient (Wildman–Crippen LogP) is 2.46. The summed E-state index contributed by atoms with van der Waals surface area (Å²) in [6.07, 6.45) is 1.96. The molecule has 1 aromatic heterocycles. The summed E-state index contributed by atoms with van der Waals surface area (Å²) in [6.45, 7) is 4.98. The van der Waals surface area contributed by atoms with E-state index in [4.69, 9.17) is 0 Å². The first kappa shape index (κ1) is 17.0. The second kappa shape index (κ2) is 8.33. The summed E-state index contributed by atoms with van der Waals surface area (Å²) in [5, 5.41) is 19.4. The first-order valence-electron chi connectivity index (χ1n) is 7.85. The summed E-state index contributed by atoms with van der Waals surface area (Å²) >= 11 is 0. The van der Waals surface area contributed by atoms with Crippen molar-refractivity contribution in [2.45, 2.75) is 32.9 Å². The monoisotopic (exact) mass is 316 g/mol. The Hall–Kier alpha value is -2.34. The maximum atomic E-state index is 11.8. The number of carbonyl (C=O) groups excluding carboxylic acids is 1. The van der Waals surface area contributed by atoms with Crippen LogP contribution in [0.2, 0.25) is 0 Å². The fourth-order valence-electron chi connectivity index (χ4n) is 2.11. The molecule has 1 atom stereocenters. The van der Waals surface area contributed by atoms with Crippen LogP contribution in [-0.2, 0) is 6.54 Å². The van der Waals surface area contributed by atoms with Crippen LogP contribution in [0.15, 0.2) is 42.6 Å². The Morgan fingerprint density at radius 2 is 2.00 bits per heavy atom. The van der Waals surface area contributed by atoms with Gasteiger partial charge in [0.15, 0.2) is 5.82 Å². The van der Waals surface area contributed by atoms with Crippen LogP contribution in [0.25, 0.3) is 0 Å². The number of rotatable bonds is 7. The fourth-order valence-corrected chi connectivity index (χ4v) is 2.11. The average Bonchev–Trinajstić information content (AvgIpc) is 2.95. The molecule has 0 fully saturated rings. The third kappa shape index (κ3) is 5.75. The predicted molar refractivity (Wildman–Crippen MR) is 90.3 cm³/mol. The number of benzene rings is 1. The van der Waals surface area contributed by atoms with Gasteiger partial charge in [-0.15, -0.1) is 0 Å². The molecule has 0 aliphatic rings. The minimum atomic E-state index is -0.402. The normalized spacial score (nSPS) is 12.2. The Morgan fingerprint density at radius 1 is 1.26 bits per heavy atom. The molecule has 6 nitrogen and oxygen atoms in total. The van der Waals surface area contributed by atoms with Gasteiger partial charge in [0, 0.05) is 18.8 Å². The van der Waals surface area contributed by atoms with Gasteiger partial charge in [0.05, 0.1) is 12.6 Å². The maximum absolute atomic E-state index is 11.8. The lowest BCUT2D eigenvalue weighted by Gasteiger charge is -2.14. The summed E-state index contributed by atoms with van der Waals surface area (Å²) in [5.74, 6) is 0.691. The number of nitrogens with zero attached hydrogens (tertiary/aromatic N) is 2. The van der Waals surface area contributed by atoms with E-state index in [1.807, 2.05) is 50.4 Å². The molecule has 3 N–H and O–H groups in total. The second-order valence-electron chi connectivity index (χ2n) is 5.87. The number of aliphatic hydroxyl groups excluding tert-OH is 1. The lowest BCUT2D eigenvalue weighted by molar-refractivity contribution is 0.117. The molecule has 0 spiro atoms. The van der Waals surface area contributed by atoms with Gasteiger partial charge in [0.25, 0.3) is 0 Å². The van der Waals surface area contributed by atoms with Gasteiger partial charge in [-0.3, -0.25) is 10.00 Å². The standard InChI is InChI=1S/C17H24N4O2/c1-13(2)15(22)8-10-18-17(23)19-16-9-11-21(20-16)12-14-6-4-3-5-7-14/h3-7,9,11,13,15,22H,8,10,12H2,1-2H3,(H2,18,19,20,23). The topological polar surface area (TPSA) is 79.2 Å². The largest absolute Gasteiger partial charge is 0.393 e. The van der Waals surface area contributed by atoms with E-state index in [0.29, 0.717) is 25.3 Å². The third-order valence-electron chi connectivity index (χ3n) is 3.56. The van der Waals surface area contributed by atoms with Crippen molar-refractivity contribution in [2.75, 3.05) is 11.9 Å². The van der Waals surface area contributed by atoms with Crippen LogP contribution in [0.1, 0.15) is 25.8 Å². The minimum absolute atomic E-state index is 0.188. The SMILES string of the molecule is CC(C)C(O)CCNC(=O)Nc1ccn(Cc2ccccc2)n1. The number of aliphatic hydroxyl groups is 1. The smallest absolute Gasteiger partial charge is 0.320 e. The molecule has 2 aromatic rings. The molecule has 0 saturated heterocycles.